The molecule has 2 aliphatic rings. The second-order valence-corrected chi connectivity index (χ2v) is 9.68. The van der Waals surface area contributed by atoms with E-state index in [4.69, 9.17) is 9.47 Å². The molecular weight excluding hydrogens is 544 g/mol. The number of aromatic nitrogens is 1. The number of amides is 2. The van der Waals surface area contributed by atoms with Crippen molar-refractivity contribution >= 4 is 17.5 Å². The van der Waals surface area contributed by atoms with Gasteiger partial charge in [0.1, 0.15) is 35.6 Å². The largest absolute Gasteiger partial charge is 0.489 e. The van der Waals surface area contributed by atoms with Crippen molar-refractivity contribution < 1.29 is 36.6 Å². The fourth-order valence-corrected chi connectivity index (χ4v) is 4.43. The van der Waals surface area contributed by atoms with Crippen LogP contribution in [0.4, 0.5) is 23.2 Å². The summed E-state index contributed by atoms with van der Waals surface area (Å²) in [5.41, 5.74) is -1.32. The van der Waals surface area contributed by atoms with Crippen LogP contribution in [-0.2, 0) is 4.79 Å². The molecule has 0 unspecified atom stereocenters. The fourth-order valence-electron chi connectivity index (χ4n) is 4.43. The van der Waals surface area contributed by atoms with E-state index in [1.165, 1.54) is 30.3 Å². The van der Waals surface area contributed by atoms with Crippen molar-refractivity contribution in [2.45, 2.75) is 17.9 Å². The molecular formula is C29H24F4N4O4. The smallest absolute Gasteiger partial charge is 0.401 e. The molecule has 1 fully saturated rings. The zero-order valence-electron chi connectivity index (χ0n) is 21.7. The number of halogens is 4. The molecule has 0 saturated carbocycles. The summed E-state index contributed by atoms with van der Waals surface area (Å²) in [6.07, 6.45) is -2.99. The van der Waals surface area contributed by atoms with Crippen molar-refractivity contribution in [1.29, 1.82) is 0 Å². The Morgan fingerprint density at radius 3 is 2.63 bits per heavy atom. The predicted molar refractivity (Wildman–Crippen MR) is 141 cm³/mol. The molecule has 41 heavy (non-hydrogen) atoms. The van der Waals surface area contributed by atoms with Gasteiger partial charge in [-0.15, -0.1) is 0 Å². The number of carbonyl (C=O) groups excluding carboxylic acids is 2. The Morgan fingerprint density at radius 1 is 1.15 bits per heavy atom. The average Bonchev–Trinajstić information content (AvgIpc) is 3.03. The van der Waals surface area contributed by atoms with E-state index in [1.54, 1.807) is 30.3 Å². The minimum atomic E-state index is -4.41. The van der Waals surface area contributed by atoms with Crippen molar-refractivity contribution in [1.82, 2.24) is 15.2 Å². The molecule has 12 heteroatoms. The van der Waals surface area contributed by atoms with Gasteiger partial charge < -0.3 is 19.7 Å². The van der Waals surface area contributed by atoms with Gasteiger partial charge in [0.2, 0.25) is 0 Å². The summed E-state index contributed by atoms with van der Waals surface area (Å²) in [6, 6.07) is 15.6. The molecule has 1 N–H and O–H groups in total. The molecule has 0 radical (unpaired) electrons. The van der Waals surface area contributed by atoms with Crippen LogP contribution in [0.15, 0.2) is 66.9 Å². The Morgan fingerprint density at radius 2 is 1.90 bits per heavy atom. The third-order valence-corrected chi connectivity index (χ3v) is 6.38. The molecule has 1 saturated heterocycles. The Hall–Kier alpha value is -4.63. The summed E-state index contributed by atoms with van der Waals surface area (Å²) in [6.45, 7) is -2.23. The molecule has 212 valence electrons. The maximum absolute atomic E-state index is 14.7. The van der Waals surface area contributed by atoms with Gasteiger partial charge in [0.05, 0.1) is 12.2 Å². The first kappa shape index (κ1) is 27.9. The van der Waals surface area contributed by atoms with Gasteiger partial charge in [0, 0.05) is 38.0 Å². The Balaban J connectivity index is 1.24. The quantitative estimate of drug-likeness (QED) is 0.371. The van der Waals surface area contributed by atoms with Gasteiger partial charge in [-0.3, -0.25) is 19.5 Å². The SMILES string of the molecule is CN1C(=O)[C@H](NC(=O)c2cc(Oc3ccccc3)ccn2)COc2ccc(C#CC3(F)CN(CC(F)(F)F)C3)cc21. The highest BCUT2D eigenvalue weighted by Gasteiger charge is 2.46. The van der Waals surface area contributed by atoms with E-state index < -0.39 is 49.3 Å². The number of likely N-dealkylation sites (N-methyl/N-ethyl adjacent to an activating group) is 1. The standard InChI is InChI=1S/C29H24F4N4O4/c1-36-24-13-19(9-11-28(30)16-37(17-28)18-29(31,32)33)7-8-25(24)40-15-23(27(36)39)35-26(38)22-14-21(10-12-34-22)41-20-5-3-2-4-6-20/h2-8,10,12-14,23H,15-18H2,1H3,(H,35,38)/t23-/m1/s1. The van der Waals surface area contributed by atoms with Crippen LogP contribution >= 0.6 is 0 Å². The lowest BCUT2D eigenvalue weighted by Gasteiger charge is -2.41. The van der Waals surface area contributed by atoms with Crippen LogP contribution in [0, 0.1) is 11.8 Å². The summed E-state index contributed by atoms with van der Waals surface area (Å²) >= 11 is 0. The summed E-state index contributed by atoms with van der Waals surface area (Å²) in [4.78, 5) is 32.5. The lowest BCUT2D eigenvalue weighted by atomic mass is 9.96. The molecule has 2 aliphatic heterocycles. The molecule has 3 heterocycles. The van der Waals surface area contributed by atoms with Crippen molar-refractivity contribution in [2.24, 2.45) is 0 Å². The van der Waals surface area contributed by atoms with E-state index in [0.29, 0.717) is 28.5 Å². The Labute approximate surface area is 232 Å². The third kappa shape index (κ3) is 6.75. The predicted octanol–water partition coefficient (Wildman–Crippen LogP) is 3.97. The molecule has 1 aromatic heterocycles. The van der Waals surface area contributed by atoms with Gasteiger partial charge in [0.25, 0.3) is 11.8 Å². The second kappa shape index (κ2) is 11.1. The first-order chi connectivity index (χ1) is 19.5. The maximum atomic E-state index is 14.7. The highest BCUT2D eigenvalue weighted by Crippen LogP contribution is 2.32. The number of alkyl halides is 4. The van der Waals surface area contributed by atoms with Crippen molar-refractivity contribution in [3.63, 3.8) is 0 Å². The van der Waals surface area contributed by atoms with Crippen LogP contribution in [0.3, 0.4) is 0 Å². The van der Waals surface area contributed by atoms with E-state index in [0.717, 1.165) is 4.90 Å². The number of nitrogens with zero attached hydrogens (tertiary/aromatic N) is 3. The number of anilines is 1. The number of carbonyl (C=O) groups is 2. The molecule has 0 spiro atoms. The lowest BCUT2D eigenvalue weighted by Crippen LogP contribution is -2.60. The first-order valence-corrected chi connectivity index (χ1v) is 12.5. The highest BCUT2D eigenvalue weighted by atomic mass is 19.4. The Kier molecular flexibility index (Phi) is 7.55. The van der Waals surface area contributed by atoms with Gasteiger partial charge in [-0.05, 0) is 36.4 Å². The van der Waals surface area contributed by atoms with Crippen LogP contribution in [0.5, 0.6) is 17.2 Å². The van der Waals surface area contributed by atoms with Gasteiger partial charge in [0.15, 0.2) is 5.67 Å². The monoisotopic (exact) mass is 568 g/mol. The maximum Gasteiger partial charge on any atom is 0.401 e. The normalized spacial score (nSPS) is 18.1. The molecule has 1 atom stereocenters. The molecule has 2 amide bonds. The zero-order chi connectivity index (χ0) is 29.2. The number of para-hydroxylation sites is 1. The van der Waals surface area contributed by atoms with Crippen LogP contribution in [0.25, 0.3) is 0 Å². The summed E-state index contributed by atoms with van der Waals surface area (Å²) in [5.74, 6) is 5.29. The first-order valence-electron chi connectivity index (χ1n) is 12.5. The number of pyridine rings is 1. The van der Waals surface area contributed by atoms with Gasteiger partial charge in [-0.2, -0.15) is 13.2 Å². The fraction of sp³-hybridized carbons (Fsp3) is 0.276. The van der Waals surface area contributed by atoms with Gasteiger partial charge in [-0.25, -0.2) is 4.39 Å². The highest BCUT2D eigenvalue weighted by molar-refractivity contribution is 6.03. The van der Waals surface area contributed by atoms with Crippen LogP contribution in [0.2, 0.25) is 0 Å². The minimum absolute atomic E-state index is 0.0400. The van der Waals surface area contributed by atoms with Crippen LogP contribution in [-0.4, -0.2) is 72.9 Å². The molecule has 8 nitrogen and oxygen atoms in total. The number of hydrogen-bond donors (Lipinski definition) is 1. The van der Waals surface area contributed by atoms with Gasteiger partial charge >= 0.3 is 6.18 Å². The van der Waals surface area contributed by atoms with Crippen molar-refractivity contribution in [3.8, 4) is 29.1 Å². The number of likely N-dealkylation sites (tertiary alicyclic amines) is 1. The summed E-state index contributed by atoms with van der Waals surface area (Å²) in [7, 11) is 1.50. The van der Waals surface area contributed by atoms with Crippen LogP contribution < -0.4 is 19.7 Å². The molecule has 0 aliphatic carbocycles. The Bertz CT molecular complexity index is 1510. The minimum Gasteiger partial charge on any atom is -0.489 e. The van der Waals surface area contributed by atoms with Gasteiger partial charge in [-0.1, -0.05) is 30.0 Å². The number of nitrogens with one attached hydrogen (secondary N) is 1. The summed E-state index contributed by atoms with van der Waals surface area (Å²) in [5, 5.41) is 2.64. The second-order valence-electron chi connectivity index (χ2n) is 9.68. The topological polar surface area (TPSA) is 84.0 Å². The number of benzene rings is 2. The zero-order valence-corrected chi connectivity index (χ0v) is 21.7. The molecule has 3 aromatic rings. The van der Waals surface area contributed by atoms with Crippen molar-refractivity contribution in [3.05, 3.63) is 78.1 Å². The van der Waals surface area contributed by atoms with E-state index in [2.05, 4.69) is 22.1 Å². The van der Waals surface area contributed by atoms with E-state index in [-0.39, 0.29) is 12.3 Å². The summed E-state index contributed by atoms with van der Waals surface area (Å²) < 4.78 is 63.7. The van der Waals surface area contributed by atoms with E-state index >= 15 is 0 Å². The van der Waals surface area contributed by atoms with E-state index in [1.807, 2.05) is 18.2 Å². The number of hydrogen-bond acceptors (Lipinski definition) is 6. The molecule has 2 aromatic carbocycles. The lowest BCUT2D eigenvalue weighted by molar-refractivity contribution is -0.165. The number of fused-ring (bicyclic) bond motifs is 1. The van der Waals surface area contributed by atoms with Crippen LogP contribution in [0.1, 0.15) is 16.1 Å². The third-order valence-electron chi connectivity index (χ3n) is 6.38. The molecule has 5 rings (SSSR count). The van der Waals surface area contributed by atoms with E-state index in [9.17, 15) is 27.2 Å². The van der Waals surface area contributed by atoms with Crippen molar-refractivity contribution in [2.75, 3.05) is 38.2 Å². The average molecular weight is 569 g/mol. The number of rotatable bonds is 5. The number of ether oxygens (including phenoxy) is 2. The molecule has 0 bridgehead atoms.